The summed E-state index contributed by atoms with van der Waals surface area (Å²) < 4.78 is 79.5. The van der Waals surface area contributed by atoms with Crippen LogP contribution in [0.2, 0.25) is 0 Å². The van der Waals surface area contributed by atoms with Gasteiger partial charge in [-0.25, -0.2) is 4.98 Å². The Bertz CT molecular complexity index is 583. The van der Waals surface area contributed by atoms with E-state index in [0.29, 0.717) is 19.2 Å². The number of amides is 1. The number of nitrogens with zero attached hydrogens (tertiary/aromatic N) is 1. The minimum Gasteiger partial charge on any atom is -0.494 e. The zero-order valence-electron chi connectivity index (χ0n) is 11.8. The zero-order valence-corrected chi connectivity index (χ0v) is 11.8. The molecule has 0 aromatic carbocycles. The highest BCUT2D eigenvalue weighted by atomic mass is 19.4. The predicted octanol–water partition coefficient (Wildman–Crippen LogP) is 2.15. The molecule has 0 saturated heterocycles. The molecule has 0 aliphatic heterocycles. The van der Waals surface area contributed by atoms with Crippen molar-refractivity contribution < 1.29 is 41.0 Å². The first kappa shape index (κ1) is 19.0. The van der Waals surface area contributed by atoms with E-state index in [0.717, 1.165) is 7.11 Å². The van der Waals surface area contributed by atoms with Crippen molar-refractivity contribution >= 4 is 5.91 Å². The first-order valence-electron chi connectivity index (χ1n) is 5.98. The monoisotopic (exact) mass is 346 g/mol. The Morgan fingerprint density at radius 1 is 1.30 bits per heavy atom. The van der Waals surface area contributed by atoms with E-state index < -0.39 is 47.4 Å². The predicted molar refractivity (Wildman–Crippen MR) is 64.8 cm³/mol. The summed E-state index contributed by atoms with van der Waals surface area (Å²) in [5, 5.41) is 10.9. The first-order chi connectivity index (χ1) is 10.3. The Balaban J connectivity index is 2.97. The van der Waals surface area contributed by atoms with Gasteiger partial charge >= 0.3 is 12.4 Å². The number of carbonyl (C=O) groups is 1. The minimum atomic E-state index is -5.00. The van der Waals surface area contributed by atoms with Gasteiger partial charge in [0.2, 0.25) is 0 Å². The number of hydrogen-bond acceptors (Lipinski definition) is 4. The molecule has 1 atom stereocenters. The smallest absolute Gasteiger partial charge is 0.418 e. The van der Waals surface area contributed by atoms with Crippen molar-refractivity contribution in [2.24, 2.45) is 0 Å². The molecule has 1 aromatic rings. The lowest BCUT2D eigenvalue weighted by Crippen LogP contribution is -2.51. The zero-order chi connectivity index (χ0) is 18.1. The molecule has 0 aliphatic carbocycles. The summed E-state index contributed by atoms with van der Waals surface area (Å²) in [5.41, 5.74) is -5.03. The Morgan fingerprint density at radius 2 is 1.87 bits per heavy atom. The number of methoxy groups -OCH3 is 1. The van der Waals surface area contributed by atoms with Gasteiger partial charge in [-0.05, 0) is 13.0 Å². The van der Waals surface area contributed by atoms with Crippen molar-refractivity contribution in [3.63, 3.8) is 0 Å². The Hall–Kier alpha value is -2.04. The minimum absolute atomic E-state index is 0.347. The Morgan fingerprint density at radius 3 is 2.30 bits per heavy atom. The number of ether oxygens (including phenoxy) is 1. The normalized spacial score (nSPS) is 15.0. The van der Waals surface area contributed by atoms with Crippen LogP contribution >= 0.6 is 0 Å². The van der Waals surface area contributed by atoms with Crippen LogP contribution < -0.4 is 10.1 Å². The first-order valence-corrected chi connectivity index (χ1v) is 5.98. The lowest BCUT2D eigenvalue weighted by Gasteiger charge is -2.26. The maximum absolute atomic E-state index is 12.5. The third-order valence-corrected chi connectivity index (χ3v) is 2.82. The summed E-state index contributed by atoms with van der Waals surface area (Å²) in [6.45, 7) is -0.772. The Kier molecular flexibility index (Phi) is 5.14. The van der Waals surface area contributed by atoms with Crippen molar-refractivity contribution in [1.82, 2.24) is 10.3 Å². The van der Waals surface area contributed by atoms with Crippen molar-refractivity contribution in [3.8, 4) is 5.75 Å². The number of aromatic nitrogens is 1. The summed E-state index contributed by atoms with van der Waals surface area (Å²) in [5.74, 6) is -1.79. The molecule has 130 valence electrons. The van der Waals surface area contributed by atoms with E-state index in [1.165, 1.54) is 0 Å². The molecule has 0 aliphatic rings. The van der Waals surface area contributed by atoms with Gasteiger partial charge in [-0.3, -0.25) is 4.79 Å². The number of hydrogen-bond donors (Lipinski definition) is 2. The maximum Gasteiger partial charge on any atom is 0.418 e. The van der Waals surface area contributed by atoms with Crippen LogP contribution in [0.15, 0.2) is 12.3 Å². The average Bonchev–Trinajstić information content (AvgIpc) is 2.41. The fourth-order valence-corrected chi connectivity index (χ4v) is 1.36. The van der Waals surface area contributed by atoms with Crippen LogP contribution in [0.3, 0.4) is 0 Å². The van der Waals surface area contributed by atoms with Crippen LogP contribution in [0.1, 0.15) is 23.0 Å². The van der Waals surface area contributed by atoms with Crippen molar-refractivity contribution in [2.45, 2.75) is 24.9 Å². The number of carbonyl (C=O) groups excluding carboxylic acids is 1. The molecular formula is C12H12F6N2O3. The van der Waals surface area contributed by atoms with E-state index in [1.54, 1.807) is 5.32 Å². The number of rotatable bonds is 4. The molecule has 0 fully saturated rings. The van der Waals surface area contributed by atoms with Crippen molar-refractivity contribution in [1.29, 1.82) is 0 Å². The lowest BCUT2D eigenvalue weighted by atomic mass is 10.1. The van der Waals surface area contributed by atoms with Gasteiger partial charge in [-0.15, -0.1) is 0 Å². The number of alkyl halides is 6. The fraction of sp³-hybridized carbons (Fsp3) is 0.500. The molecule has 0 bridgehead atoms. The van der Waals surface area contributed by atoms with Crippen molar-refractivity contribution in [2.75, 3.05) is 13.7 Å². The average molecular weight is 346 g/mol. The third-order valence-electron chi connectivity index (χ3n) is 2.82. The molecule has 5 nitrogen and oxygen atoms in total. The van der Waals surface area contributed by atoms with E-state index in [-0.39, 0.29) is 0 Å². The quantitative estimate of drug-likeness (QED) is 0.820. The fourth-order valence-electron chi connectivity index (χ4n) is 1.36. The number of halogens is 6. The summed E-state index contributed by atoms with van der Waals surface area (Å²) in [7, 11) is 0.972. The molecular weight excluding hydrogens is 334 g/mol. The van der Waals surface area contributed by atoms with Gasteiger partial charge in [0, 0.05) is 6.20 Å². The molecule has 1 heterocycles. The lowest BCUT2D eigenvalue weighted by molar-refractivity contribution is -0.249. The Labute approximate surface area is 126 Å². The summed E-state index contributed by atoms with van der Waals surface area (Å²) in [4.78, 5) is 15.0. The van der Waals surface area contributed by atoms with Crippen LogP contribution in [0.5, 0.6) is 5.75 Å². The molecule has 0 radical (unpaired) electrons. The van der Waals surface area contributed by atoms with Gasteiger partial charge in [0.1, 0.15) is 0 Å². The molecule has 1 aromatic heterocycles. The molecule has 0 spiro atoms. The van der Waals surface area contributed by atoms with Crippen LogP contribution in [-0.4, -0.2) is 41.4 Å². The molecule has 1 unspecified atom stereocenters. The van der Waals surface area contributed by atoms with Gasteiger partial charge in [-0.1, -0.05) is 0 Å². The standard InChI is InChI=1S/C12H12F6N2O3/c1-10(22,12(16,17)18)5-20-9(21)8-7(23-2)3-6(4-19-8)11(13,14)15/h3-4,22H,5H2,1-2H3,(H,20,21). The van der Waals surface area contributed by atoms with Crippen molar-refractivity contribution in [3.05, 3.63) is 23.5 Å². The SMILES string of the molecule is COc1cc(C(F)(F)F)cnc1C(=O)NCC(C)(O)C(F)(F)F. The maximum atomic E-state index is 12.5. The van der Waals surface area contributed by atoms with Gasteiger partial charge in [-0.2, -0.15) is 26.3 Å². The third kappa shape index (κ3) is 4.47. The molecule has 23 heavy (non-hydrogen) atoms. The van der Waals surface area contributed by atoms with E-state index in [2.05, 4.69) is 9.72 Å². The topological polar surface area (TPSA) is 71.5 Å². The summed E-state index contributed by atoms with van der Waals surface area (Å²) >= 11 is 0. The van der Waals surface area contributed by atoms with E-state index >= 15 is 0 Å². The van der Waals surface area contributed by atoms with Crippen LogP contribution in [-0.2, 0) is 6.18 Å². The molecule has 1 rings (SSSR count). The van der Waals surface area contributed by atoms with E-state index in [4.69, 9.17) is 0 Å². The molecule has 0 saturated carbocycles. The molecule has 1 amide bonds. The van der Waals surface area contributed by atoms with Crippen LogP contribution in [0, 0.1) is 0 Å². The molecule has 2 N–H and O–H groups in total. The van der Waals surface area contributed by atoms with Gasteiger partial charge < -0.3 is 15.2 Å². The molecule has 11 heteroatoms. The largest absolute Gasteiger partial charge is 0.494 e. The summed E-state index contributed by atoms with van der Waals surface area (Å²) in [6, 6.07) is 0.490. The highest BCUT2D eigenvalue weighted by molar-refractivity contribution is 5.95. The number of aliphatic hydroxyl groups is 1. The van der Waals surface area contributed by atoms with E-state index in [9.17, 15) is 36.2 Å². The van der Waals surface area contributed by atoms with E-state index in [1.807, 2.05) is 0 Å². The number of pyridine rings is 1. The van der Waals surface area contributed by atoms with Gasteiger partial charge in [0.25, 0.3) is 5.91 Å². The second-order valence-electron chi connectivity index (χ2n) is 4.73. The van der Waals surface area contributed by atoms with Crippen LogP contribution in [0.4, 0.5) is 26.3 Å². The highest BCUT2D eigenvalue weighted by Crippen LogP contribution is 2.32. The van der Waals surface area contributed by atoms with Crippen LogP contribution in [0.25, 0.3) is 0 Å². The number of nitrogens with one attached hydrogen (secondary N) is 1. The van der Waals surface area contributed by atoms with Gasteiger partial charge in [0.05, 0.1) is 19.2 Å². The summed E-state index contributed by atoms with van der Waals surface area (Å²) in [6.07, 6.45) is -9.38. The van der Waals surface area contributed by atoms with Gasteiger partial charge in [0.15, 0.2) is 17.0 Å². The second kappa shape index (κ2) is 6.22. The second-order valence-corrected chi connectivity index (χ2v) is 4.73. The highest BCUT2D eigenvalue weighted by Gasteiger charge is 2.50.